The molecule has 0 aliphatic heterocycles. The first-order valence-corrected chi connectivity index (χ1v) is 7.22. The standard InChI is InChI=1S/C16H23NO2/c1-3-14(18)9-12-5-7-15(8-6-12)19-16-10-13(11-16)17-4-2/h5-8,13,16-17H,3-4,9-11H2,1-2H3. The average molecular weight is 261 g/mol. The van der Waals surface area contributed by atoms with Crippen LogP contribution in [0.3, 0.4) is 0 Å². The minimum absolute atomic E-state index is 0.279. The molecule has 1 aromatic rings. The van der Waals surface area contributed by atoms with E-state index < -0.39 is 0 Å². The van der Waals surface area contributed by atoms with Crippen LogP contribution in [-0.4, -0.2) is 24.5 Å². The summed E-state index contributed by atoms with van der Waals surface area (Å²) in [7, 11) is 0. The first-order chi connectivity index (χ1) is 9.21. The van der Waals surface area contributed by atoms with Gasteiger partial charge in [-0.25, -0.2) is 0 Å². The van der Waals surface area contributed by atoms with Crippen molar-refractivity contribution >= 4 is 5.78 Å². The lowest BCUT2D eigenvalue weighted by Crippen LogP contribution is -2.46. The molecule has 0 atom stereocenters. The Morgan fingerprint density at radius 3 is 2.53 bits per heavy atom. The maximum Gasteiger partial charge on any atom is 0.136 e. The van der Waals surface area contributed by atoms with Gasteiger partial charge < -0.3 is 10.1 Å². The van der Waals surface area contributed by atoms with Gasteiger partial charge in [-0.1, -0.05) is 26.0 Å². The van der Waals surface area contributed by atoms with E-state index in [1.54, 1.807) is 0 Å². The van der Waals surface area contributed by atoms with Crippen LogP contribution in [0, 0.1) is 0 Å². The van der Waals surface area contributed by atoms with Crippen LogP contribution in [0.2, 0.25) is 0 Å². The minimum Gasteiger partial charge on any atom is -0.490 e. The predicted molar refractivity (Wildman–Crippen MR) is 76.6 cm³/mol. The zero-order valence-electron chi connectivity index (χ0n) is 11.8. The largest absolute Gasteiger partial charge is 0.490 e. The molecule has 0 spiro atoms. The quantitative estimate of drug-likeness (QED) is 0.820. The highest BCUT2D eigenvalue weighted by atomic mass is 16.5. The van der Waals surface area contributed by atoms with Crippen LogP contribution in [0.5, 0.6) is 5.75 Å². The Morgan fingerprint density at radius 2 is 1.95 bits per heavy atom. The van der Waals surface area contributed by atoms with Crippen molar-refractivity contribution in [2.75, 3.05) is 6.54 Å². The number of hydrogen-bond acceptors (Lipinski definition) is 3. The third-order valence-electron chi connectivity index (χ3n) is 3.61. The van der Waals surface area contributed by atoms with E-state index in [-0.39, 0.29) is 5.78 Å². The molecule has 1 fully saturated rings. The predicted octanol–water partition coefficient (Wildman–Crippen LogP) is 2.73. The molecule has 19 heavy (non-hydrogen) atoms. The second-order valence-corrected chi connectivity index (χ2v) is 5.18. The lowest BCUT2D eigenvalue weighted by atomic mass is 9.89. The highest BCUT2D eigenvalue weighted by Crippen LogP contribution is 2.26. The van der Waals surface area contributed by atoms with Gasteiger partial charge in [0.15, 0.2) is 0 Å². The molecule has 0 aromatic heterocycles. The van der Waals surface area contributed by atoms with Gasteiger partial charge in [0.1, 0.15) is 17.6 Å². The fourth-order valence-corrected chi connectivity index (χ4v) is 2.35. The molecule has 3 heteroatoms. The van der Waals surface area contributed by atoms with E-state index in [0.717, 1.165) is 30.7 Å². The van der Waals surface area contributed by atoms with Crippen molar-refractivity contribution < 1.29 is 9.53 Å². The fourth-order valence-electron chi connectivity index (χ4n) is 2.35. The molecule has 0 unspecified atom stereocenters. The van der Waals surface area contributed by atoms with Crippen molar-refractivity contribution in [3.63, 3.8) is 0 Å². The summed E-state index contributed by atoms with van der Waals surface area (Å²) in [5.74, 6) is 1.19. The summed E-state index contributed by atoms with van der Waals surface area (Å²) in [5, 5.41) is 3.42. The molecule has 1 aromatic carbocycles. The molecule has 1 aliphatic carbocycles. The van der Waals surface area contributed by atoms with Gasteiger partial charge in [-0.3, -0.25) is 4.79 Å². The number of rotatable bonds is 7. The average Bonchev–Trinajstić information content (AvgIpc) is 2.38. The van der Waals surface area contributed by atoms with Crippen molar-refractivity contribution in [1.82, 2.24) is 5.32 Å². The highest BCUT2D eigenvalue weighted by molar-refractivity contribution is 5.80. The van der Waals surface area contributed by atoms with Gasteiger partial charge in [-0.2, -0.15) is 0 Å². The Balaban J connectivity index is 1.78. The van der Waals surface area contributed by atoms with E-state index in [1.807, 2.05) is 31.2 Å². The molecule has 2 rings (SSSR count). The normalized spacial score (nSPS) is 21.8. The van der Waals surface area contributed by atoms with Crippen molar-refractivity contribution in [1.29, 1.82) is 0 Å². The van der Waals surface area contributed by atoms with Crippen LogP contribution in [0.4, 0.5) is 0 Å². The Kier molecular flexibility index (Phi) is 4.97. The highest BCUT2D eigenvalue weighted by Gasteiger charge is 2.29. The monoisotopic (exact) mass is 261 g/mol. The topological polar surface area (TPSA) is 38.3 Å². The van der Waals surface area contributed by atoms with Gasteiger partial charge in [0.05, 0.1) is 0 Å². The molecule has 0 saturated heterocycles. The van der Waals surface area contributed by atoms with Gasteiger partial charge in [0.25, 0.3) is 0 Å². The molecule has 1 saturated carbocycles. The van der Waals surface area contributed by atoms with Crippen LogP contribution in [0.25, 0.3) is 0 Å². The Hall–Kier alpha value is -1.35. The molecular weight excluding hydrogens is 238 g/mol. The molecular formula is C16H23NO2. The second kappa shape index (κ2) is 6.71. The van der Waals surface area contributed by atoms with Crippen LogP contribution >= 0.6 is 0 Å². The second-order valence-electron chi connectivity index (χ2n) is 5.18. The number of Topliss-reactive ketones (excluding diaryl/α,β-unsaturated/α-hetero) is 1. The van der Waals surface area contributed by atoms with Crippen LogP contribution < -0.4 is 10.1 Å². The molecule has 0 heterocycles. The third kappa shape index (κ3) is 4.06. The summed E-state index contributed by atoms with van der Waals surface area (Å²) in [5.41, 5.74) is 1.07. The zero-order valence-corrected chi connectivity index (χ0v) is 11.8. The minimum atomic E-state index is 0.279. The van der Waals surface area contributed by atoms with E-state index in [9.17, 15) is 4.79 Å². The summed E-state index contributed by atoms with van der Waals surface area (Å²) in [6.45, 7) is 5.05. The van der Waals surface area contributed by atoms with Crippen molar-refractivity contribution in [2.24, 2.45) is 0 Å². The summed E-state index contributed by atoms with van der Waals surface area (Å²) in [6.07, 6.45) is 3.65. The summed E-state index contributed by atoms with van der Waals surface area (Å²) >= 11 is 0. The maximum atomic E-state index is 11.4. The lowest BCUT2D eigenvalue weighted by Gasteiger charge is -2.35. The first kappa shape index (κ1) is 14.1. The number of benzene rings is 1. The van der Waals surface area contributed by atoms with Gasteiger partial charge in [-0.15, -0.1) is 0 Å². The maximum absolute atomic E-state index is 11.4. The van der Waals surface area contributed by atoms with Gasteiger partial charge in [0, 0.05) is 18.9 Å². The van der Waals surface area contributed by atoms with E-state index >= 15 is 0 Å². The van der Waals surface area contributed by atoms with Crippen LogP contribution in [0.15, 0.2) is 24.3 Å². The van der Waals surface area contributed by atoms with Gasteiger partial charge in [0.2, 0.25) is 0 Å². The van der Waals surface area contributed by atoms with Crippen molar-refractivity contribution in [3.8, 4) is 5.75 Å². The summed E-state index contributed by atoms with van der Waals surface area (Å²) in [6, 6.07) is 8.54. The number of nitrogens with one attached hydrogen (secondary N) is 1. The first-order valence-electron chi connectivity index (χ1n) is 7.22. The van der Waals surface area contributed by atoms with Crippen LogP contribution in [0.1, 0.15) is 38.7 Å². The van der Waals surface area contributed by atoms with E-state index in [1.165, 1.54) is 0 Å². The van der Waals surface area contributed by atoms with E-state index in [4.69, 9.17) is 4.74 Å². The number of carbonyl (C=O) groups excluding carboxylic acids is 1. The lowest BCUT2D eigenvalue weighted by molar-refractivity contribution is -0.118. The third-order valence-corrected chi connectivity index (χ3v) is 3.61. The fraction of sp³-hybridized carbons (Fsp3) is 0.562. The number of ketones is 1. The van der Waals surface area contributed by atoms with Gasteiger partial charge in [-0.05, 0) is 37.1 Å². The number of ether oxygens (including phenoxy) is 1. The van der Waals surface area contributed by atoms with E-state index in [0.29, 0.717) is 25.0 Å². The Morgan fingerprint density at radius 1 is 1.26 bits per heavy atom. The zero-order chi connectivity index (χ0) is 13.7. The molecule has 1 aliphatic rings. The van der Waals surface area contributed by atoms with E-state index in [2.05, 4.69) is 12.2 Å². The van der Waals surface area contributed by atoms with Crippen molar-refractivity contribution in [3.05, 3.63) is 29.8 Å². The van der Waals surface area contributed by atoms with Crippen LogP contribution in [-0.2, 0) is 11.2 Å². The summed E-state index contributed by atoms with van der Waals surface area (Å²) < 4.78 is 5.89. The molecule has 1 N–H and O–H groups in total. The molecule has 104 valence electrons. The molecule has 0 amide bonds. The molecule has 3 nitrogen and oxygen atoms in total. The Labute approximate surface area is 115 Å². The number of carbonyl (C=O) groups is 1. The smallest absolute Gasteiger partial charge is 0.136 e. The summed E-state index contributed by atoms with van der Waals surface area (Å²) in [4.78, 5) is 11.4. The van der Waals surface area contributed by atoms with Crippen molar-refractivity contribution in [2.45, 2.75) is 51.7 Å². The Bertz CT molecular complexity index is 407. The SMILES string of the molecule is CCNC1CC(Oc2ccc(CC(=O)CC)cc2)C1. The molecule has 0 radical (unpaired) electrons. The molecule has 0 bridgehead atoms. The van der Waals surface area contributed by atoms with Gasteiger partial charge >= 0.3 is 0 Å². The number of hydrogen-bond donors (Lipinski definition) is 1.